The van der Waals surface area contributed by atoms with Gasteiger partial charge in [0.1, 0.15) is 17.0 Å². The maximum Gasteiger partial charge on any atom is 0.374 e. The number of nitrogens with zero attached hydrogens (tertiary/aromatic N) is 1. The molecule has 0 spiro atoms. The van der Waals surface area contributed by atoms with Crippen LogP contribution in [0.2, 0.25) is 0 Å². The molecular formula is C14H12BrNO4. The second-order valence-electron chi connectivity index (χ2n) is 5.37. The van der Waals surface area contributed by atoms with E-state index in [1.807, 2.05) is 26.0 Å². The topological polar surface area (TPSA) is 72.6 Å². The molecule has 0 aliphatic carbocycles. The van der Waals surface area contributed by atoms with Gasteiger partial charge in [0.25, 0.3) is 0 Å². The van der Waals surface area contributed by atoms with Crippen LogP contribution in [0.25, 0.3) is 11.3 Å². The summed E-state index contributed by atoms with van der Waals surface area (Å²) in [6.45, 7) is 4.05. The molecule has 2 heterocycles. The molecule has 1 aromatic carbocycles. The summed E-state index contributed by atoms with van der Waals surface area (Å²) in [5.41, 5.74) is 2.13. The molecule has 0 atom stereocenters. The summed E-state index contributed by atoms with van der Waals surface area (Å²) in [5.74, 6) is -0.470. The fourth-order valence-corrected chi connectivity index (χ4v) is 2.91. The molecule has 2 aromatic rings. The number of aromatic nitrogens is 1. The van der Waals surface area contributed by atoms with Crippen molar-refractivity contribution in [3.05, 3.63) is 34.0 Å². The summed E-state index contributed by atoms with van der Waals surface area (Å²) >= 11 is 3.48. The minimum absolute atomic E-state index is 0.173. The summed E-state index contributed by atoms with van der Waals surface area (Å²) in [6.07, 6.45) is 0.790. The number of hydrogen-bond donors (Lipinski definition) is 1. The van der Waals surface area contributed by atoms with Crippen LogP contribution in [0.3, 0.4) is 0 Å². The third-order valence-corrected chi connectivity index (χ3v) is 3.72. The Hall–Kier alpha value is -1.82. The third-order valence-electron chi connectivity index (χ3n) is 3.13. The molecule has 3 rings (SSSR count). The van der Waals surface area contributed by atoms with Gasteiger partial charge < -0.3 is 14.4 Å². The summed E-state index contributed by atoms with van der Waals surface area (Å²) < 4.78 is 11.5. The van der Waals surface area contributed by atoms with Gasteiger partial charge in [-0.05, 0) is 47.5 Å². The van der Waals surface area contributed by atoms with E-state index in [-0.39, 0.29) is 11.4 Å². The van der Waals surface area contributed by atoms with Gasteiger partial charge in [-0.1, -0.05) is 5.16 Å². The maximum absolute atomic E-state index is 10.8. The minimum Gasteiger partial charge on any atom is -0.486 e. The van der Waals surface area contributed by atoms with E-state index in [1.165, 1.54) is 6.07 Å². The van der Waals surface area contributed by atoms with E-state index in [9.17, 15) is 4.79 Å². The lowest BCUT2D eigenvalue weighted by atomic mass is 9.99. The Kier molecular flexibility index (Phi) is 2.86. The van der Waals surface area contributed by atoms with Crippen LogP contribution in [0.5, 0.6) is 5.75 Å². The minimum atomic E-state index is -1.13. The standard InChI is InChI=1S/C14H12BrNO4/c1-14(2)6-8-3-7(4-9(15)12(8)19-14)10-5-11(13(17)18)20-16-10/h3-5H,6H2,1-2H3,(H,17,18). The second-order valence-corrected chi connectivity index (χ2v) is 6.22. The van der Waals surface area contributed by atoms with Gasteiger partial charge >= 0.3 is 5.97 Å². The highest BCUT2D eigenvalue weighted by Gasteiger charge is 2.32. The van der Waals surface area contributed by atoms with Crippen LogP contribution in [0, 0.1) is 0 Å². The van der Waals surface area contributed by atoms with Crippen LogP contribution in [0.4, 0.5) is 0 Å². The van der Waals surface area contributed by atoms with Crippen molar-refractivity contribution in [1.29, 1.82) is 0 Å². The van der Waals surface area contributed by atoms with E-state index in [2.05, 4.69) is 21.1 Å². The van der Waals surface area contributed by atoms with E-state index in [0.717, 1.165) is 27.8 Å². The van der Waals surface area contributed by atoms with Crippen molar-refractivity contribution < 1.29 is 19.2 Å². The summed E-state index contributed by atoms with van der Waals surface area (Å²) in [4.78, 5) is 10.8. The Labute approximate surface area is 123 Å². The van der Waals surface area contributed by atoms with E-state index in [4.69, 9.17) is 14.4 Å². The largest absolute Gasteiger partial charge is 0.486 e. The number of hydrogen-bond acceptors (Lipinski definition) is 4. The number of benzene rings is 1. The Morgan fingerprint density at radius 1 is 1.40 bits per heavy atom. The number of fused-ring (bicyclic) bond motifs is 1. The van der Waals surface area contributed by atoms with Gasteiger partial charge in [0.15, 0.2) is 0 Å². The fraction of sp³-hybridized carbons (Fsp3) is 0.286. The number of carboxylic acids is 1. The van der Waals surface area contributed by atoms with Gasteiger partial charge in [-0.15, -0.1) is 0 Å². The molecule has 20 heavy (non-hydrogen) atoms. The van der Waals surface area contributed by atoms with Crippen LogP contribution in [-0.2, 0) is 6.42 Å². The van der Waals surface area contributed by atoms with E-state index < -0.39 is 5.97 Å². The molecule has 1 aromatic heterocycles. The van der Waals surface area contributed by atoms with Crippen molar-refractivity contribution in [3.8, 4) is 17.0 Å². The van der Waals surface area contributed by atoms with E-state index >= 15 is 0 Å². The highest BCUT2D eigenvalue weighted by atomic mass is 79.9. The lowest BCUT2D eigenvalue weighted by Gasteiger charge is -2.17. The predicted molar refractivity (Wildman–Crippen MR) is 75.0 cm³/mol. The second kappa shape index (κ2) is 4.34. The normalized spacial score (nSPS) is 15.8. The molecule has 0 radical (unpaired) electrons. The lowest BCUT2D eigenvalue weighted by molar-refractivity contribution is 0.0652. The first-order valence-corrected chi connectivity index (χ1v) is 6.87. The van der Waals surface area contributed by atoms with Crippen molar-refractivity contribution >= 4 is 21.9 Å². The molecule has 6 heteroatoms. The van der Waals surface area contributed by atoms with Gasteiger partial charge in [0, 0.05) is 18.1 Å². The van der Waals surface area contributed by atoms with Crippen molar-refractivity contribution in [3.63, 3.8) is 0 Å². The first-order valence-electron chi connectivity index (χ1n) is 6.07. The smallest absolute Gasteiger partial charge is 0.374 e. The molecule has 0 saturated heterocycles. The van der Waals surface area contributed by atoms with Gasteiger partial charge in [-0.3, -0.25) is 0 Å². The molecule has 0 bridgehead atoms. The van der Waals surface area contributed by atoms with Crippen molar-refractivity contribution in [1.82, 2.24) is 5.16 Å². The van der Waals surface area contributed by atoms with Crippen molar-refractivity contribution in [2.24, 2.45) is 0 Å². The quantitative estimate of drug-likeness (QED) is 0.907. The zero-order valence-electron chi connectivity index (χ0n) is 10.9. The number of rotatable bonds is 2. The summed E-state index contributed by atoms with van der Waals surface area (Å²) in [7, 11) is 0. The highest BCUT2D eigenvalue weighted by molar-refractivity contribution is 9.10. The Morgan fingerprint density at radius 2 is 2.15 bits per heavy atom. The zero-order valence-corrected chi connectivity index (χ0v) is 12.5. The number of carbonyl (C=O) groups is 1. The van der Waals surface area contributed by atoms with Crippen LogP contribution in [0.1, 0.15) is 30.0 Å². The number of ether oxygens (including phenoxy) is 1. The molecule has 0 unspecified atom stereocenters. The van der Waals surface area contributed by atoms with Crippen LogP contribution in [-0.4, -0.2) is 21.8 Å². The number of aromatic carboxylic acids is 1. The Morgan fingerprint density at radius 3 is 2.80 bits per heavy atom. The monoisotopic (exact) mass is 337 g/mol. The molecule has 5 nitrogen and oxygen atoms in total. The lowest BCUT2D eigenvalue weighted by Crippen LogP contribution is -2.24. The molecule has 1 aliphatic rings. The number of carboxylic acid groups (broad SMARTS) is 1. The van der Waals surface area contributed by atoms with Crippen LogP contribution in [0.15, 0.2) is 27.2 Å². The third kappa shape index (κ3) is 2.20. The van der Waals surface area contributed by atoms with Gasteiger partial charge in [-0.2, -0.15) is 0 Å². The van der Waals surface area contributed by atoms with Crippen LogP contribution < -0.4 is 4.74 Å². The predicted octanol–water partition coefficient (Wildman–Crippen LogP) is 3.52. The van der Waals surface area contributed by atoms with E-state index in [0.29, 0.717) is 5.69 Å². The molecule has 0 amide bonds. The van der Waals surface area contributed by atoms with Crippen molar-refractivity contribution in [2.45, 2.75) is 25.9 Å². The Bertz CT molecular complexity index is 705. The molecule has 0 fully saturated rings. The molecule has 104 valence electrons. The molecular weight excluding hydrogens is 326 g/mol. The average molecular weight is 338 g/mol. The van der Waals surface area contributed by atoms with E-state index in [1.54, 1.807) is 0 Å². The molecule has 1 N–H and O–H groups in total. The van der Waals surface area contributed by atoms with Gasteiger partial charge in [-0.25, -0.2) is 4.79 Å². The van der Waals surface area contributed by atoms with Gasteiger partial charge in [0.2, 0.25) is 5.76 Å². The first-order chi connectivity index (χ1) is 9.35. The zero-order chi connectivity index (χ0) is 14.5. The molecule has 1 aliphatic heterocycles. The average Bonchev–Trinajstić information content (AvgIpc) is 2.92. The first kappa shape index (κ1) is 13.2. The SMILES string of the molecule is CC1(C)Cc2cc(-c3cc(C(=O)O)on3)cc(Br)c2O1. The number of halogens is 1. The fourth-order valence-electron chi connectivity index (χ4n) is 2.33. The molecule has 0 saturated carbocycles. The Balaban J connectivity index is 2.04. The summed E-state index contributed by atoms with van der Waals surface area (Å²) in [5, 5.41) is 12.7. The van der Waals surface area contributed by atoms with Crippen molar-refractivity contribution in [2.75, 3.05) is 0 Å². The van der Waals surface area contributed by atoms with Gasteiger partial charge in [0.05, 0.1) is 4.47 Å². The maximum atomic E-state index is 10.8. The van der Waals surface area contributed by atoms with Crippen LogP contribution >= 0.6 is 15.9 Å². The summed E-state index contributed by atoms with van der Waals surface area (Å²) in [6, 6.07) is 5.22. The highest BCUT2D eigenvalue weighted by Crippen LogP contribution is 2.42.